The molecular weight excluding hydrogens is 224 g/mol. The van der Waals surface area contributed by atoms with E-state index in [-0.39, 0.29) is 12.6 Å². The predicted octanol–water partition coefficient (Wildman–Crippen LogP) is 1.23. The molecular formula is C11H14N2O2S. The van der Waals surface area contributed by atoms with E-state index in [0.717, 1.165) is 12.2 Å². The SMILES string of the molecule is NC(=O)CONC1CCSc2ccccc21. The number of hydroxylamine groups is 1. The van der Waals surface area contributed by atoms with Crippen LogP contribution < -0.4 is 11.2 Å². The second-order valence-electron chi connectivity index (χ2n) is 3.60. The van der Waals surface area contributed by atoms with Crippen molar-refractivity contribution in [1.82, 2.24) is 5.48 Å². The first-order valence-electron chi connectivity index (χ1n) is 5.14. The minimum atomic E-state index is -0.467. The maximum Gasteiger partial charge on any atom is 0.245 e. The van der Waals surface area contributed by atoms with E-state index >= 15 is 0 Å². The van der Waals surface area contributed by atoms with Gasteiger partial charge in [-0.15, -0.1) is 11.8 Å². The van der Waals surface area contributed by atoms with Crippen LogP contribution in [-0.2, 0) is 9.63 Å². The molecule has 1 amide bonds. The first-order valence-corrected chi connectivity index (χ1v) is 6.13. The van der Waals surface area contributed by atoms with E-state index in [1.54, 1.807) is 0 Å². The number of carbonyl (C=O) groups is 1. The van der Waals surface area contributed by atoms with Gasteiger partial charge in [0.2, 0.25) is 5.91 Å². The molecule has 0 aliphatic carbocycles. The lowest BCUT2D eigenvalue weighted by Gasteiger charge is -2.25. The molecule has 86 valence electrons. The van der Waals surface area contributed by atoms with Gasteiger partial charge in [0.05, 0.1) is 6.04 Å². The smallest absolute Gasteiger partial charge is 0.245 e. The lowest BCUT2D eigenvalue weighted by molar-refractivity contribution is -0.126. The summed E-state index contributed by atoms with van der Waals surface area (Å²) < 4.78 is 0. The molecule has 0 saturated heterocycles. The zero-order valence-corrected chi connectivity index (χ0v) is 9.63. The van der Waals surface area contributed by atoms with E-state index in [4.69, 9.17) is 10.6 Å². The monoisotopic (exact) mass is 238 g/mol. The summed E-state index contributed by atoms with van der Waals surface area (Å²) in [5.41, 5.74) is 9.11. The Morgan fingerprint density at radius 1 is 1.56 bits per heavy atom. The molecule has 0 fully saturated rings. The number of hydrogen-bond donors (Lipinski definition) is 2. The highest BCUT2D eigenvalue weighted by Gasteiger charge is 2.20. The Morgan fingerprint density at radius 2 is 2.38 bits per heavy atom. The Bertz CT molecular complexity index is 384. The summed E-state index contributed by atoms with van der Waals surface area (Å²) in [6.45, 7) is -0.0915. The van der Waals surface area contributed by atoms with Gasteiger partial charge in [-0.3, -0.25) is 9.63 Å². The second-order valence-corrected chi connectivity index (χ2v) is 4.74. The molecule has 3 N–H and O–H groups in total. The van der Waals surface area contributed by atoms with Gasteiger partial charge in [0.1, 0.15) is 6.61 Å². The minimum absolute atomic E-state index is 0.0915. The third kappa shape index (κ3) is 2.75. The summed E-state index contributed by atoms with van der Waals surface area (Å²) >= 11 is 1.85. The largest absolute Gasteiger partial charge is 0.368 e. The molecule has 0 radical (unpaired) electrons. The highest BCUT2D eigenvalue weighted by atomic mass is 32.2. The van der Waals surface area contributed by atoms with Crippen LogP contribution in [0.1, 0.15) is 18.0 Å². The van der Waals surface area contributed by atoms with E-state index in [9.17, 15) is 4.79 Å². The van der Waals surface area contributed by atoms with Crippen LogP contribution in [0, 0.1) is 0 Å². The van der Waals surface area contributed by atoms with Crippen molar-refractivity contribution in [2.24, 2.45) is 5.73 Å². The van der Waals surface area contributed by atoms with Crippen molar-refractivity contribution in [3.8, 4) is 0 Å². The molecule has 16 heavy (non-hydrogen) atoms. The fourth-order valence-corrected chi connectivity index (χ4v) is 2.80. The quantitative estimate of drug-likeness (QED) is 0.774. The zero-order valence-electron chi connectivity index (χ0n) is 8.81. The Labute approximate surface area is 98.5 Å². The molecule has 1 aliphatic heterocycles. The Morgan fingerprint density at radius 3 is 3.19 bits per heavy atom. The zero-order chi connectivity index (χ0) is 11.4. The van der Waals surface area contributed by atoms with Crippen molar-refractivity contribution in [1.29, 1.82) is 0 Å². The van der Waals surface area contributed by atoms with Gasteiger partial charge in [-0.2, -0.15) is 5.48 Å². The van der Waals surface area contributed by atoms with E-state index in [1.165, 1.54) is 10.5 Å². The third-order valence-corrected chi connectivity index (χ3v) is 3.52. The number of primary amides is 1. The van der Waals surface area contributed by atoms with Crippen LogP contribution in [0.2, 0.25) is 0 Å². The maximum absolute atomic E-state index is 10.5. The number of fused-ring (bicyclic) bond motifs is 1. The Hall–Kier alpha value is -1.04. The van der Waals surface area contributed by atoms with Crippen molar-refractivity contribution < 1.29 is 9.63 Å². The van der Waals surface area contributed by atoms with Crippen LogP contribution in [0.3, 0.4) is 0 Å². The number of rotatable bonds is 4. The number of carbonyl (C=O) groups excluding carboxylic acids is 1. The molecule has 0 aromatic heterocycles. The van der Waals surface area contributed by atoms with Gasteiger partial charge in [-0.1, -0.05) is 18.2 Å². The highest BCUT2D eigenvalue weighted by molar-refractivity contribution is 7.99. The summed E-state index contributed by atoms with van der Waals surface area (Å²) in [6.07, 6.45) is 0.987. The lowest BCUT2D eigenvalue weighted by atomic mass is 10.1. The van der Waals surface area contributed by atoms with E-state index in [0.29, 0.717) is 0 Å². The number of nitrogens with two attached hydrogens (primary N) is 1. The van der Waals surface area contributed by atoms with Gasteiger partial charge >= 0.3 is 0 Å². The van der Waals surface area contributed by atoms with Gasteiger partial charge in [-0.05, 0) is 23.8 Å². The predicted molar refractivity (Wildman–Crippen MR) is 62.8 cm³/mol. The average molecular weight is 238 g/mol. The fraction of sp³-hybridized carbons (Fsp3) is 0.364. The number of hydrogen-bond acceptors (Lipinski definition) is 4. The first kappa shape index (κ1) is 11.4. The number of thioether (sulfide) groups is 1. The average Bonchev–Trinajstić information content (AvgIpc) is 2.29. The minimum Gasteiger partial charge on any atom is -0.368 e. The third-order valence-electron chi connectivity index (χ3n) is 2.40. The molecule has 0 saturated carbocycles. The van der Waals surface area contributed by atoms with E-state index in [2.05, 4.69) is 17.6 Å². The number of nitrogens with one attached hydrogen (secondary N) is 1. The normalized spacial score (nSPS) is 19.1. The van der Waals surface area contributed by atoms with Crippen LogP contribution >= 0.6 is 11.8 Å². The molecule has 1 aromatic rings. The molecule has 1 unspecified atom stereocenters. The van der Waals surface area contributed by atoms with Gasteiger partial charge < -0.3 is 5.73 Å². The molecule has 1 heterocycles. The lowest BCUT2D eigenvalue weighted by Crippen LogP contribution is -2.29. The van der Waals surface area contributed by atoms with Gasteiger partial charge in [0.15, 0.2) is 0 Å². The van der Waals surface area contributed by atoms with Crippen LogP contribution in [0.15, 0.2) is 29.2 Å². The van der Waals surface area contributed by atoms with Crippen LogP contribution in [-0.4, -0.2) is 18.3 Å². The van der Waals surface area contributed by atoms with Crippen molar-refractivity contribution in [2.45, 2.75) is 17.4 Å². The fourth-order valence-electron chi connectivity index (χ4n) is 1.68. The molecule has 4 nitrogen and oxygen atoms in total. The maximum atomic E-state index is 10.5. The van der Waals surface area contributed by atoms with Gasteiger partial charge in [-0.25, -0.2) is 0 Å². The first-order chi connectivity index (χ1) is 7.77. The van der Waals surface area contributed by atoms with Crippen LogP contribution in [0.5, 0.6) is 0 Å². The topological polar surface area (TPSA) is 64.4 Å². The van der Waals surface area contributed by atoms with Crippen molar-refractivity contribution in [3.63, 3.8) is 0 Å². The van der Waals surface area contributed by atoms with Crippen molar-refractivity contribution >= 4 is 17.7 Å². The Kier molecular flexibility index (Phi) is 3.82. The molecule has 1 aromatic carbocycles. The summed E-state index contributed by atoms with van der Waals surface area (Å²) in [5, 5.41) is 0. The summed E-state index contributed by atoms with van der Waals surface area (Å²) in [5.74, 6) is 0.584. The molecule has 5 heteroatoms. The van der Waals surface area contributed by atoms with E-state index < -0.39 is 5.91 Å². The van der Waals surface area contributed by atoms with Gasteiger partial charge in [0.25, 0.3) is 0 Å². The molecule has 2 rings (SSSR count). The number of benzene rings is 1. The molecule has 0 bridgehead atoms. The van der Waals surface area contributed by atoms with Crippen molar-refractivity contribution in [3.05, 3.63) is 29.8 Å². The number of amides is 1. The van der Waals surface area contributed by atoms with Crippen LogP contribution in [0.4, 0.5) is 0 Å². The van der Waals surface area contributed by atoms with Crippen LogP contribution in [0.25, 0.3) is 0 Å². The Balaban J connectivity index is 1.99. The highest BCUT2D eigenvalue weighted by Crippen LogP contribution is 2.35. The summed E-state index contributed by atoms with van der Waals surface area (Å²) in [6, 6.07) is 8.36. The molecule has 1 aliphatic rings. The standard InChI is InChI=1S/C11H14N2O2S/c12-11(14)7-15-13-9-5-6-16-10-4-2-1-3-8(9)10/h1-4,9,13H,5-7H2,(H2,12,14). The van der Waals surface area contributed by atoms with Crippen molar-refractivity contribution in [2.75, 3.05) is 12.4 Å². The van der Waals surface area contributed by atoms with E-state index in [1.807, 2.05) is 23.9 Å². The summed E-state index contributed by atoms with van der Waals surface area (Å²) in [4.78, 5) is 16.9. The molecule has 0 spiro atoms. The second kappa shape index (κ2) is 5.34. The molecule has 1 atom stereocenters. The summed E-state index contributed by atoms with van der Waals surface area (Å²) in [7, 11) is 0. The van der Waals surface area contributed by atoms with Gasteiger partial charge in [0, 0.05) is 4.90 Å².